The van der Waals surface area contributed by atoms with Crippen LogP contribution >= 0.6 is 0 Å². The average molecular weight is 221 g/mol. The summed E-state index contributed by atoms with van der Waals surface area (Å²) in [6, 6.07) is 3.00. The average Bonchev–Trinajstić information content (AvgIpc) is 2.67. The number of aromatic nitrogens is 2. The molecule has 3 heteroatoms. The van der Waals surface area contributed by atoms with E-state index in [0.717, 1.165) is 25.1 Å². The molecule has 1 aromatic rings. The maximum atomic E-state index is 4.56. The first-order valence-corrected chi connectivity index (χ1v) is 6.05. The van der Waals surface area contributed by atoms with Gasteiger partial charge in [0.25, 0.3) is 0 Å². The third kappa shape index (κ3) is 3.81. The van der Waals surface area contributed by atoms with Crippen LogP contribution in [0.25, 0.3) is 0 Å². The van der Waals surface area contributed by atoms with E-state index in [4.69, 9.17) is 0 Å². The SMILES string of the molecule is C=CCC(Cc1ccn(C(C)C)n1)NCC. The van der Waals surface area contributed by atoms with Gasteiger partial charge in [0.2, 0.25) is 0 Å². The second-order valence-electron chi connectivity index (χ2n) is 4.36. The second-order valence-corrected chi connectivity index (χ2v) is 4.36. The highest BCUT2D eigenvalue weighted by Crippen LogP contribution is 2.08. The number of hydrogen-bond acceptors (Lipinski definition) is 2. The largest absolute Gasteiger partial charge is 0.314 e. The van der Waals surface area contributed by atoms with Crippen LogP contribution in [-0.4, -0.2) is 22.4 Å². The molecular weight excluding hydrogens is 198 g/mol. The van der Waals surface area contributed by atoms with Crippen LogP contribution < -0.4 is 5.32 Å². The molecule has 0 radical (unpaired) electrons. The molecule has 1 N–H and O–H groups in total. The first-order valence-electron chi connectivity index (χ1n) is 6.05. The van der Waals surface area contributed by atoms with Gasteiger partial charge in [0.1, 0.15) is 0 Å². The first-order chi connectivity index (χ1) is 7.67. The van der Waals surface area contributed by atoms with Crippen molar-refractivity contribution < 1.29 is 0 Å². The standard InChI is InChI=1S/C13H23N3/c1-5-7-12(14-6-2)10-13-8-9-16(15-13)11(3)4/h5,8-9,11-12,14H,1,6-7,10H2,2-4H3. The van der Waals surface area contributed by atoms with Crippen LogP contribution in [0.15, 0.2) is 24.9 Å². The molecule has 0 bridgehead atoms. The Morgan fingerprint density at radius 2 is 2.31 bits per heavy atom. The van der Waals surface area contributed by atoms with Crippen LogP contribution in [0.5, 0.6) is 0 Å². The highest BCUT2D eigenvalue weighted by Gasteiger charge is 2.09. The van der Waals surface area contributed by atoms with Gasteiger partial charge in [0.05, 0.1) is 5.69 Å². The number of nitrogens with one attached hydrogen (secondary N) is 1. The van der Waals surface area contributed by atoms with Crippen molar-refractivity contribution in [2.24, 2.45) is 0 Å². The summed E-state index contributed by atoms with van der Waals surface area (Å²) < 4.78 is 2.01. The lowest BCUT2D eigenvalue weighted by Crippen LogP contribution is -2.30. The van der Waals surface area contributed by atoms with E-state index in [1.54, 1.807) is 0 Å². The third-order valence-corrected chi connectivity index (χ3v) is 2.59. The normalized spacial score (nSPS) is 13.0. The number of hydrogen-bond donors (Lipinski definition) is 1. The number of nitrogens with zero attached hydrogens (tertiary/aromatic N) is 2. The van der Waals surface area contributed by atoms with Crippen molar-refractivity contribution in [3.05, 3.63) is 30.6 Å². The molecule has 0 aliphatic carbocycles. The summed E-state index contributed by atoms with van der Waals surface area (Å²) in [5.74, 6) is 0. The molecule has 3 nitrogen and oxygen atoms in total. The highest BCUT2D eigenvalue weighted by molar-refractivity contribution is 5.02. The second kappa shape index (κ2) is 6.48. The van der Waals surface area contributed by atoms with Gasteiger partial charge in [-0.05, 0) is 32.9 Å². The van der Waals surface area contributed by atoms with Crippen LogP contribution in [0, 0.1) is 0 Å². The molecule has 1 unspecified atom stereocenters. The van der Waals surface area contributed by atoms with Gasteiger partial charge in [-0.1, -0.05) is 13.0 Å². The lowest BCUT2D eigenvalue weighted by atomic mass is 10.1. The van der Waals surface area contributed by atoms with Gasteiger partial charge in [-0.15, -0.1) is 6.58 Å². The number of rotatable bonds is 7. The van der Waals surface area contributed by atoms with E-state index in [2.05, 4.69) is 50.0 Å². The molecule has 0 aliphatic rings. The third-order valence-electron chi connectivity index (χ3n) is 2.59. The molecule has 0 saturated carbocycles. The van der Waals surface area contributed by atoms with Crippen LogP contribution in [0.1, 0.15) is 38.9 Å². The molecule has 0 amide bonds. The van der Waals surface area contributed by atoms with Crippen LogP contribution in [0.4, 0.5) is 0 Å². The lowest BCUT2D eigenvalue weighted by molar-refractivity contribution is 0.499. The van der Waals surface area contributed by atoms with E-state index in [-0.39, 0.29) is 0 Å². The molecule has 90 valence electrons. The fourth-order valence-electron chi connectivity index (χ4n) is 1.76. The molecule has 0 aromatic carbocycles. The molecule has 0 spiro atoms. The maximum Gasteiger partial charge on any atom is 0.0640 e. The van der Waals surface area contributed by atoms with Gasteiger partial charge in [-0.3, -0.25) is 4.68 Å². The summed E-state index contributed by atoms with van der Waals surface area (Å²) in [5.41, 5.74) is 1.15. The Balaban J connectivity index is 2.58. The Hall–Kier alpha value is -1.09. The van der Waals surface area contributed by atoms with Gasteiger partial charge in [-0.25, -0.2) is 0 Å². The smallest absolute Gasteiger partial charge is 0.0640 e. The van der Waals surface area contributed by atoms with E-state index in [9.17, 15) is 0 Å². The van der Waals surface area contributed by atoms with Crippen LogP contribution in [-0.2, 0) is 6.42 Å². The van der Waals surface area contributed by atoms with Gasteiger partial charge in [-0.2, -0.15) is 5.10 Å². The molecule has 16 heavy (non-hydrogen) atoms. The maximum absolute atomic E-state index is 4.56. The van der Waals surface area contributed by atoms with Crippen LogP contribution in [0.2, 0.25) is 0 Å². The van der Waals surface area contributed by atoms with E-state index in [1.807, 2.05) is 10.8 Å². The molecule has 1 heterocycles. The van der Waals surface area contributed by atoms with Gasteiger partial charge in [0, 0.05) is 24.7 Å². The Labute approximate surface area is 98.5 Å². The predicted molar refractivity (Wildman–Crippen MR) is 68.6 cm³/mol. The zero-order valence-electron chi connectivity index (χ0n) is 10.6. The Morgan fingerprint density at radius 1 is 1.56 bits per heavy atom. The fourth-order valence-corrected chi connectivity index (χ4v) is 1.76. The van der Waals surface area contributed by atoms with E-state index < -0.39 is 0 Å². The minimum Gasteiger partial charge on any atom is -0.314 e. The summed E-state index contributed by atoms with van der Waals surface area (Å²) in [4.78, 5) is 0. The van der Waals surface area contributed by atoms with Crippen molar-refractivity contribution in [1.82, 2.24) is 15.1 Å². The van der Waals surface area contributed by atoms with Crippen molar-refractivity contribution in [1.29, 1.82) is 0 Å². The summed E-state index contributed by atoms with van der Waals surface area (Å²) in [6.07, 6.45) is 5.98. The first kappa shape index (κ1) is 13.0. The summed E-state index contributed by atoms with van der Waals surface area (Å²) >= 11 is 0. The summed E-state index contributed by atoms with van der Waals surface area (Å²) in [5, 5.41) is 8.01. The Morgan fingerprint density at radius 3 is 2.81 bits per heavy atom. The summed E-state index contributed by atoms with van der Waals surface area (Å²) in [6.45, 7) is 11.2. The molecule has 1 aromatic heterocycles. The Bertz CT molecular complexity index is 315. The quantitative estimate of drug-likeness (QED) is 0.717. The van der Waals surface area contributed by atoms with Crippen LogP contribution in [0.3, 0.4) is 0 Å². The van der Waals surface area contributed by atoms with Crippen molar-refractivity contribution in [3.8, 4) is 0 Å². The Kier molecular flexibility index (Phi) is 5.26. The topological polar surface area (TPSA) is 29.9 Å². The molecule has 0 aliphatic heterocycles. The number of likely N-dealkylation sites (N-methyl/N-ethyl adjacent to an activating group) is 1. The molecule has 0 fully saturated rings. The van der Waals surface area contributed by atoms with Crippen molar-refractivity contribution in [2.75, 3.05) is 6.54 Å². The highest BCUT2D eigenvalue weighted by atomic mass is 15.3. The molecule has 0 saturated heterocycles. The van der Waals surface area contributed by atoms with Crippen molar-refractivity contribution in [2.45, 2.75) is 45.7 Å². The lowest BCUT2D eigenvalue weighted by Gasteiger charge is -2.14. The van der Waals surface area contributed by atoms with E-state index >= 15 is 0 Å². The van der Waals surface area contributed by atoms with E-state index in [0.29, 0.717) is 12.1 Å². The van der Waals surface area contributed by atoms with Gasteiger partial charge < -0.3 is 5.32 Å². The predicted octanol–water partition coefficient (Wildman–Crippen LogP) is 2.56. The monoisotopic (exact) mass is 221 g/mol. The zero-order chi connectivity index (χ0) is 12.0. The molecule has 1 atom stereocenters. The van der Waals surface area contributed by atoms with Gasteiger partial charge >= 0.3 is 0 Å². The van der Waals surface area contributed by atoms with E-state index in [1.165, 1.54) is 0 Å². The molecular formula is C13H23N3. The molecule has 1 rings (SSSR count). The minimum absolute atomic E-state index is 0.436. The zero-order valence-corrected chi connectivity index (χ0v) is 10.6. The summed E-state index contributed by atoms with van der Waals surface area (Å²) in [7, 11) is 0. The minimum atomic E-state index is 0.436. The van der Waals surface area contributed by atoms with Gasteiger partial charge in [0.15, 0.2) is 0 Å². The van der Waals surface area contributed by atoms with Crippen molar-refractivity contribution >= 4 is 0 Å². The van der Waals surface area contributed by atoms with Crippen molar-refractivity contribution in [3.63, 3.8) is 0 Å². The fraction of sp³-hybridized carbons (Fsp3) is 0.615.